The van der Waals surface area contributed by atoms with Crippen LogP contribution in [0.25, 0.3) is 0 Å². The van der Waals surface area contributed by atoms with Crippen molar-refractivity contribution in [2.45, 2.75) is 37.1 Å². The number of alkyl halides is 3. The topological polar surface area (TPSA) is 107 Å². The first kappa shape index (κ1) is 16.5. The molecule has 0 aromatic heterocycles. The number of hydrogen-bond acceptors (Lipinski definition) is 6. The van der Waals surface area contributed by atoms with Gasteiger partial charge in [-0.25, -0.2) is 0 Å². The average Bonchev–Trinajstić information content (AvgIpc) is 2.96. The van der Waals surface area contributed by atoms with Crippen LogP contribution >= 0.6 is 0 Å². The molecule has 1 saturated heterocycles. The molecule has 3 bridgehead atoms. The normalized spacial score (nSPS) is 36.9. The van der Waals surface area contributed by atoms with Gasteiger partial charge < -0.3 is 9.47 Å². The van der Waals surface area contributed by atoms with E-state index in [1.807, 2.05) is 0 Å². The largest absolute Gasteiger partial charge is 0.459 e. The number of fused-ring (bicyclic) bond motifs is 3. The van der Waals surface area contributed by atoms with Crippen molar-refractivity contribution in [3.63, 3.8) is 0 Å². The van der Waals surface area contributed by atoms with Gasteiger partial charge in [0.1, 0.15) is 11.4 Å². The van der Waals surface area contributed by atoms with Crippen LogP contribution in [-0.4, -0.2) is 48.5 Å². The highest BCUT2D eigenvalue weighted by atomic mass is 32.2. The number of carbonyl (C=O) groups excluding carboxylic acids is 2. The quantitative estimate of drug-likeness (QED) is 0.582. The second kappa shape index (κ2) is 4.82. The summed E-state index contributed by atoms with van der Waals surface area (Å²) in [5, 5.41) is 0. The molecule has 11 heteroatoms. The predicted molar refractivity (Wildman–Crippen MR) is 65.5 cm³/mol. The average molecular weight is 358 g/mol. The Balaban J connectivity index is 1.73. The van der Waals surface area contributed by atoms with Gasteiger partial charge in [0, 0.05) is 12.8 Å². The molecule has 2 saturated carbocycles. The highest BCUT2D eigenvalue weighted by molar-refractivity contribution is 7.85. The number of esters is 2. The van der Waals surface area contributed by atoms with Crippen LogP contribution in [0.1, 0.15) is 19.3 Å². The highest BCUT2D eigenvalue weighted by Gasteiger charge is 2.67. The van der Waals surface area contributed by atoms with Gasteiger partial charge >= 0.3 is 18.1 Å². The molecule has 1 aliphatic heterocycles. The van der Waals surface area contributed by atoms with Crippen LogP contribution in [0.15, 0.2) is 0 Å². The molecule has 7 nitrogen and oxygen atoms in total. The minimum atomic E-state index is -5.13. The lowest BCUT2D eigenvalue weighted by atomic mass is 9.81. The molecular weight excluding hydrogens is 345 g/mol. The third-order valence-corrected chi connectivity index (χ3v) is 5.46. The summed E-state index contributed by atoms with van der Waals surface area (Å²) in [6.45, 7) is 0. The van der Waals surface area contributed by atoms with E-state index in [9.17, 15) is 31.2 Å². The Morgan fingerprint density at radius 3 is 2.57 bits per heavy atom. The summed E-state index contributed by atoms with van der Waals surface area (Å²) in [5.41, 5.74) is -0.799. The maximum atomic E-state index is 12.8. The van der Waals surface area contributed by atoms with Gasteiger partial charge in [0.05, 0.1) is 11.8 Å². The van der Waals surface area contributed by atoms with Gasteiger partial charge in [0.25, 0.3) is 10.1 Å². The van der Waals surface area contributed by atoms with Crippen LogP contribution < -0.4 is 0 Å². The standard InChI is InChI=1S/C12H13F3O7S/c13-12(14,15)8(4-23(18,19)20)21-9(16)6-2-11-1-5(6)7(3-11)10(17)22-11/h5-8H,1-4H2,(H,18,19,20). The van der Waals surface area contributed by atoms with E-state index in [4.69, 9.17) is 9.29 Å². The molecule has 2 aliphatic carbocycles. The van der Waals surface area contributed by atoms with Crippen molar-refractivity contribution in [2.75, 3.05) is 5.75 Å². The van der Waals surface area contributed by atoms with E-state index in [1.54, 1.807) is 0 Å². The zero-order valence-corrected chi connectivity index (χ0v) is 12.4. The number of hydrogen-bond donors (Lipinski definition) is 1. The molecule has 5 unspecified atom stereocenters. The van der Waals surface area contributed by atoms with E-state index >= 15 is 0 Å². The second-order valence-corrected chi connectivity index (χ2v) is 7.81. The minimum Gasteiger partial charge on any atom is -0.459 e. The van der Waals surface area contributed by atoms with Crippen molar-refractivity contribution in [3.05, 3.63) is 0 Å². The maximum Gasteiger partial charge on any atom is 0.426 e. The first-order valence-corrected chi connectivity index (χ1v) is 8.46. The Labute approximate surface area is 128 Å². The zero-order valence-electron chi connectivity index (χ0n) is 11.6. The molecule has 1 N–H and O–H groups in total. The molecule has 3 fully saturated rings. The summed E-state index contributed by atoms with van der Waals surface area (Å²) in [6.07, 6.45) is -7.15. The Morgan fingerprint density at radius 2 is 2.04 bits per heavy atom. The summed E-state index contributed by atoms with van der Waals surface area (Å²) in [7, 11) is -4.98. The summed E-state index contributed by atoms with van der Waals surface area (Å²) in [5.74, 6) is -5.33. The van der Waals surface area contributed by atoms with Gasteiger partial charge in [0.2, 0.25) is 6.10 Å². The second-order valence-electron chi connectivity index (χ2n) is 6.31. The molecule has 0 radical (unpaired) electrons. The van der Waals surface area contributed by atoms with Crippen LogP contribution in [0.2, 0.25) is 0 Å². The lowest BCUT2D eigenvalue weighted by Crippen LogP contribution is -2.42. The van der Waals surface area contributed by atoms with Crippen molar-refractivity contribution in [1.29, 1.82) is 0 Å². The SMILES string of the molecule is O=C(OC(CS(=O)(=O)O)C(F)(F)F)C1CC23CC(C(=O)O2)C1C3. The maximum absolute atomic E-state index is 12.8. The van der Waals surface area contributed by atoms with Crippen LogP contribution in [0.4, 0.5) is 13.2 Å². The summed E-state index contributed by atoms with van der Waals surface area (Å²) in [4.78, 5) is 23.6. The number of carbonyl (C=O) groups is 2. The minimum absolute atomic E-state index is 0.0786. The van der Waals surface area contributed by atoms with Crippen molar-refractivity contribution >= 4 is 22.1 Å². The van der Waals surface area contributed by atoms with Gasteiger partial charge in [0.15, 0.2) is 0 Å². The lowest BCUT2D eigenvalue weighted by molar-refractivity contribution is -0.218. The molecule has 0 aromatic carbocycles. The Kier molecular flexibility index (Phi) is 3.46. The fourth-order valence-electron chi connectivity index (χ4n) is 3.89. The molecular formula is C12H13F3O7S. The highest BCUT2D eigenvalue weighted by Crippen LogP contribution is 2.61. The van der Waals surface area contributed by atoms with Gasteiger partial charge in [-0.1, -0.05) is 0 Å². The Hall–Kier alpha value is -1.36. The zero-order chi connectivity index (χ0) is 17.2. The third kappa shape index (κ3) is 2.91. The predicted octanol–water partition coefficient (Wildman–Crippen LogP) is 0.690. The number of rotatable bonds is 4. The van der Waals surface area contributed by atoms with Gasteiger partial charge in [-0.3, -0.25) is 14.1 Å². The van der Waals surface area contributed by atoms with Gasteiger partial charge in [-0.15, -0.1) is 0 Å². The molecule has 1 heterocycles. The molecule has 23 heavy (non-hydrogen) atoms. The van der Waals surface area contributed by atoms with E-state index in [0.29, 0.717) is 12.8 Å². The molecule has 3 aliphatic rings. The summed E-state index contributed by atoms with van der Waals surface area (Å²) < 4.78 is 77.7. The lowest BCUT2D eigenvalue weighted by Gasteiger charge is -2.25. The van der Waals surface area contributed by atoms with E-state index < -0.39 is 63.4 Å². The fourth-order valence-corrected chi connectivity index (χ4v) is 4.53. The Bertz CT molecular complexity index is 658. The van der Waals surface area contributed by atoms with Crippen molar-refractivity contribution in [2.24, 2.45) is 17.8 Å². The van der Waals surface area contributed by atoms with Crippen LogP contribution in [0, 0.1) is 17.8 Å². The van der Waals surface area contributed by atoms with E-state index in [0.717, 1.165) is 0 Å². The molecule has 0 aromatic rings. The van der Waals surface area contributed by atoms with Crippen molar-refractivity contribution < 1.29 is 45.2 Å². The third-order valence-electron chi connectivity index (χ3n) is 4.73. The van der Waals surface area contributed by atoms with Crippen LogP contribution in [0.5, 0.6) is 0 Å². The summed E-state index contributed by atoms with van der Waals surface area (Å²) >= 11 is 0. The summed E-state index contributed by atoms with van der Waals surface area (Å²) in [6, 6.07) is 0. The molecule has 1 spiro atoms. The monoisotopic (exact) mass is 358 g/mol. The molecule has 0 amide bonds. The van der Waals surface area contributed by atoms with Gasteiger partial charge in [-0.05, 0) is 12.3 Å². The number of ether oxygens (including phenoxy) is 2. The smallest absolute Gasteiger partial charge is 0.426 e. The molecule has 5 atom stereocenters. The van der Waals surface area contributed by atoms with Gasteiger partial charge in [-0.2, -0.15) is 21.6 Å². The van der Waals surface area contributed by atoms with Crippen molar-refractivity contribution in [3.8, 4) is 0 Å². The van der Waals surface area contributed by atoms with E-state index in [2.05, 4.69) is 4.74 Å². The molecule has 3 rings (SSSR count). The first-order valence-electron chi connectivity index (χ1n) is 6.85. The molecule has 130 valence electrons. The first-order chi connectivity index (χ1) is 10.4. The fraction of sp³-hybridized carbons (Fsp3) is 0.833. The Morgan fingerprint density at radius 1 is 1.39 bits per heavy atom. The van der Waals surface area contributed by atoms with E-state index in [1.165, 1.54) is 0 Å². The van der Waals surface area contributed by atoms with Crippen LogP contribution in [0.3, 0.4) is 0 Å². The van der Waals surface area contributed by atoms with E-state index in [-0.39, 0.29) is 6.42 Å². The van der Waals surface area contributed by atoms with Crippen molar-refractivity contribution in [1.82, 2.24) is 0 Å². The van der Waals surface area contributed by atoms with Crippen LogP contribution in [-0.2, 0) is 29.2 Å². The number of halogens is 3.